The number of anilines is 1. The van der Waals surface area contributed by atoms with E-state index in [0.717, 1.165) is 17.3 Å². The van der Waals surface area contributed by atoms with Gasteiger partial charge in [-0.25, -0.2) is 4.79 Å². The van der Waals surface area contributed by atoms with Crippen molar-refractivity contribution in [2.45, 2.75) is 13.5 Å². The Kier molecular flexibility index (Phi) is 2.91. The quantitative estimate of drug-likeness (QED) is 0.855. The maximum atomic E-state index is 11.0. The molecule has 0 aliphatic carbocycles. The van der Waals surface area contributed by atoms with E-state index in [4.69, 9.17) is 9.52 Å². The highest BCUT2D eigenvalue weighted by Crippen LogP contribution is 2.24. The number of hydrogen-bond acceptors (Lipinski definition) is 5. The lowest BCUT2D eigenvalue weighted by Gasteiger charge is -2.01. The first-order valence-corrected chi connectivity index (χ1v) is 5.41. The molecule has 2 aromatic heterocycles. The summed E-state index contributed by atoms with van der Waals surface area (Å²) in [6.07, 6.45) is 1.58. The Morgan fingerprint density at radius 3 is 3.12 bits per heavy atom. The number of aromatic carboxylic acids is 1. The molecule has 0 spiro atoms. The minimum absolute atomic E-state index is 0.233. The monoisotopic (exact) mass is 238 g/mol. The fourth-order valence-electron chi connectivity index (χ4n) is 1.32. The third-order valence-electron chi connectivity index (χ3n) is 2.08. The smallest absolute Gasteiger partial charge is 0.340 e. The highest BCUT2D eigenvalue weighted by Gasteiger charge is 2.17. The van der Waals surface area contributed by atoms with Gasteiger partial charge in [-0.05, 0) is 30.6 Å². The number of nitrogens with one attached hydrogen (secondary N) is 1. The normalized spacial score (nSPS) is 10.3. The highest BCUT2D eigenvalue weighted by atomic mass is 32.1. The predicted octanol–water partition coefficient (Wildman–Crippen LogP) is 2.35. The molecular formula is C10H10N2O3S. The lowest BCUT2D eigenvalue weighted by molar-refractivity contribution is 0.0697. The molecule has 0 saturated carbocycles. The van der Waals surface area contributed by atoms with Crippen LogP contribution in [-0.2, 0) is 6.54 Å². The molecule has 0 aromatic carbocycles. The van der Waals surface area contributed by atoms with Crippen LogP contribution in [0, 0.1) is 6.92 Å². The summed E-state index contributed by atoms with van der Waals surface area (Å²) in [4.78, 5) is 11.0. The number of carboxylic acids is 1. The Hall–Kier alpha value is -1.82. The topological polar surface area (TPSA) is 75.4 Å². The lowest BCUT2D eigenvalue weighted by Crippen LogP contribution is -2.04. The average molecular weight is 238 g/mol. The molecule has 2 N–H and O–H groups in total. The average Bonchev–Trinajstić information content (AvgIpc) is 2.83. The summed E-state index contributed by atoms with van der Waals surface area (Å²) >= 11 is 1.14. The number of aromatic nitrogens is 1. The molecule has 0 fully saturated rings. The molecule has 2 heterocycles. The zero-order valence-electron chi connectivity index (χ0n) is 8.56. The van der Waals surface area contributed by atoms with E-state index in [2.05, 4.69) is 9.69 Å². The zero-order valence-corrected chi connectivity index (χ0v) is 9.37. The second kappa shape index (κ2) is 4.36. The third kappa shape index (κ3) is 2.06. The van der Waals surface area contributed by atoms with Crippen molar-refractivity contribution in [3.05, 3.63) is 35.4 Å². The summed E-state index contributed by atoms with van der Waals surface area (Å²) in [5.41, 5.74) is 0.760. The summed E-state index contributed by atoms with van der Waals surface area (Å²) in [6.45, 7) is 2.13. The molecule has 6 heteroatoms. The van der Waals surface area contributed by atoms with Crippen molar-refractivity contribution in [1.82, 2.24) is 4.37 Å². The molecule has 0 bridgehead atoms. The van der Waals surface area contributed by atoms with E-state index in [9.17, 15) is 4.79 Å². The van der Waals surface area contributed by atoms with E-state index in [-0.39, 0.29) is 5.56 Å². The van der Waals surface area contributed by atoms with Crippen LogP contribution in [0.2, 0.25) is 0 Å². The van der Waals surface area contributed by atoms with E-state index >= 15 is 0 Å². The van der Waals surface area contributed by atoms with Gasteiger partial charge in [0.1, 0.15) is 16.3 Å². The Bertz CT molecular complexity index is 490. The predicted molar refractivity (Wildman–Crippen MR) is 59.8 cm³/mol. The van der Waals surface area contributed by atoms with Crippen molar-refractivity contribution in [1.29, 1.82) is 0 Å². The van der Waals surface area contributed by atoms with Gasteiger partial charge in [-0.2, -0.15) is 4.37 Å². The van der Waals surface area contributed by atoms with Crippen LogP contribution in [0.4, 0.5) is 5.00 Å². The van der Waals surface area contributed by atoms with Crippen molar-refractivity contribution >= 4 is 22.5 Å². The third-order valence-corrected chi connectivity index (χ3v) is 2.98. The van der Waals surface area contributed by atoms with Crippen LogP contribution >= 0.6 is 11.5 Å². The second-order valence-electron chi connectivity index (χ2n) is 3.21. The summed E-state index contributed by atoms with van der Waals surface area (Å²) in [6, 6.07) is 3.61. The van der Waals surface area contributed by atoms with Gasteiger partial charge in [0, 0.05) is 0 Å². The molecule has 0 saturated heterocycles. The second-order valence-corrected chi connectivity index (χ2v) is 3.98. The number of carbonyl (C=O) groups is 1. The van der Waals surface area contributed by atoms with Gasteiger partial charge in [0.2, 0.25) is 0 Å². The summed E-state index contributed by atoms with van der Waals surface area (Å²) < 4.78 is 9.14. The van der Waals surface area contributed by atoms with Gasteiger partial charge >= 0.3 is 5.97 Å². The van der Waals surface area contributed by atoms with Crippen LogP contribution in [-0.4, -0.2) is 15.4 Å². The number of carboxylic acid groups (broad SMARTS) is 1. The molecule has 0 atom stereocenters. The Morgan fingerprint density at radius 1 is 1.69 bits per heavy atom. The largest absolute Gasteiger partial charge is 0.478 e. The SMILES string of the molecule is Cc1nsc(NCc2ccco2)c1C(=O)O. The van der Waals surface area contributed by atoms with Crippen molar-refractivity contribution in [2.24, 2.45) is 0 Å². The van der Waals surface area contributed by atoms with Gasteiger partial charge in [0.05, 0.1) is 18.5 Å². The maximum Gasteiger partial charge on any atom is 0.340 e. The molecule has 2 aromatic rings. The van der Waals surface area contributed by atoms with Gasteiger partial charge in [-0.15, -0.1) is 0 Å². The fourth-order valence-corrected chi connectivity index (χ4v) is 2.11. The zero-order chi connectivity index (χ0) is 11.5. The molecule has 2 rings (SSSR count). The summed E-state index contributed by atoms with van der Waals surface area (Å²) in [5.74, 6) is -0.212. The number of rotatable bonds is 4. The van der Waals surface area contributed by atoms with E-state index in [0.29, 0.717) is 17.2 Å². The Balaban J connectivity index is 2.13. The van der Waals surface area contributed by atoms with Crippen molar-refractivity contribution < 1.29 is 14.3 Å². The minimum Gasteiger partial charge on any atom is -0.478 e. The first kappa shape index (κ1) is 10.7. The van der Waals surface area contributed by atoms with Gasteiger partial charge in [-0.1, -0.05) is 0 Å². The van der Waals surface area contributed by atoms with Crippen LogP contribution in [0.3, 0.4) is 0 Å². The standard InChI is InChI=1S/C10H10N2O3S/c1-6-8(10(13)14)9(16-12-6)11-5-7-3-2-4-15-7/h2-4,11H,5H2,1H3,(H,13,14). The first-order valence-electron chi connectivity index (χ1n) is 4.64. The van der Waals surface area contributed by atoms with Gasteiger partial charge in [-0.3, -0.25) is 0 Å². The van der Waals surface area contributed by atoms with Gasteiger partial charge in [0.25, 0.3) is 0 Å². The van der Waals surface area contributed by atoms with Gasteiger partial charge in [0.15, 0.2) is 0 Å². The number of nitrogens with zero attached hydrogens (tertiary/aromatic N) is 1. The molecule has 0 unspecified atom stereocenters. The molecule has 84 valence electrons. The van der Waals surface area contributed by atoms with E-state index in [1.54, 1.807) is 19.3 Å². The van der Waals surface area contributed by atoms with Crippen molar-refractivity contribution in [2.75, 3.05) is 5.32 Å². The van der Waals surface area contributed by atoms with Gasteiger partial charge < -0.3 is 14.8 Å². The van der Waals surface area contributed by atoms with Crippen LogP contribution in [0.15, 0.2) is 22.8 Å². The fraction of sp³-hybridized carbons (Fsp3) is 0.200. The molecular weight excluding hydrogens is 228 g/mol. The Morgan fingerprint density at radius 2 is 2.50 bits per heavy atom. The Labute approximate surface area is 95.9 Å². The number of aryl methyl sites for hydroxylation is 1. The molecule has 5 nitrogen and oxygen atoms in total. The van der Waals surface area contributed by atoms with Crippen LogP contribution in [0.5, 0.6) is 0 Å². The van der Waals surface area contributed by atoms with E-state index < -0.39 is 5.97 Å². The molecule has 16 heavy (non-hydrogen) atoms. The number of furan rings is 1. The molecule has 0 aliphatic heterocycles. The molecule has 0 radical (unpaired) electrons. The maximum absolute atomic E-state index is 11.0. The van der Waals surface area contributed by atoms with Crippen molar-refractivity contribution in [3.8, 4) is 0 Å². The van der Waals surface area contributed by atoms with Crippen LogP contribution in [0.25, 0.3) is 0 Å². The number of hydrogen-bond donors (Lipinski definition) is 2. The summed E-state index contributed by atoms with van der Waals surface area (Å²) in [5, 5.41) is 12.6. The van der Waals surface area contributed by atoms with Crippen molar-refractivity contribution in [3.63, 3.8) is 0 Å². The van der Waals surface area contributed by atoms with E-state index in [1.165, 1.54) is 0 Å². The molecule has 0 amide bonds. The highest BCUT2D eigenvalue weighted by molar-refractivity contribution is 7.10. The summed E-state index contributed by atoms with van der Waals surface area (Å²) in [7, 11) is 0. The lowest BCUT2D eigenvalue weighted by atomic mass is 10.2. The van der Waals surface area contributed by atoms with E-state index in [1.807, 2.05) is 6.07 Å². The minimum atomic E-state index is -0.965. The van der Waals surface area contributed by atoms with Crippen LogP contribution < -0.4 is 5.32 Å². The van der Waals surface area contributed by atoms with Crippen LogP contribution in [0.1, 0.15) is 21.8 Å². The molecule has 0 aliphatic rings. The first-order chi connectivity index (χ1) is 7.68.